The first-order valence-electron chi connectivity index (χ1n) is 6.05. The van der Waals surface area contributed by atoms with Crippen LogP contribution >= 0.6 is 23.2 Å². The van der Waals surface area contributed by atoms with Crippen LogP contribution in [0.25, 0.3) is 0 Å². The largest absolute Gasteiger partial charge is 0.356 e. The van der Waals surface area contributed by atoms with E-state index in [0.717, 1.165) is 36.3 Å². The fourth-order valence-electron chi connectivity index (χ4n) is 2.59. The third-order valence-corrected chi connectivity index (χ3v) is 3.89. The number of halogens is 2. The lowest BCUT2D eigenvalue weighted by Gasteiger charge is -2.36. The molecule has 0 aliphatic carbocycles. The third-order valence-electron chi connectivity index (χ3n) is 3.26. The van der Waals surface area contributed by atoms with Crippen LogP contribution in [0.4, 0.5) is 5.82 Å². The number of nitrogens with zero attached hydrogens (tertiary/aromatic N) is 2. The lowest BCUT2D eigenvalue weighted by atomic mass is 9.92. The topological polar surface area (TPSA) is 16.1 Å². The van der Waals surface area contributed by atoms with E-state index in [2.05, 4.69) is 23.7 Å². The van der Waals surface area contributed by atoms with E-state index >= 15 is 0 Å². The lowest BCUT2D eigenvalue weighted by molar-refractivity contribution is 0.355. The number of hydrogen-bond acceptors (Lipinski definition) is 2. The Morgan fingerprint density at radius 1 is 1.35 bits per heavy atom. The fraction of sp³-hybridized carbons (Fsp3) is 0.615. The smallest absolute Gasteiger partial charge is 0.128 e. The van der Waals surface area contributed by atoms with Gasteiger partial charge in [-0.3, -0.25) is 0 Å². The summed E-state index contributed by atoms with van der Waals surface area (Å²) in [5, 5.41) is 0.654. The maximum absolute atomic E-state index is 6.03. The zero-order valence-electron chi connectivity index (χ0n) is 10.3. The second kappa shape index (κ2) is 5.45. The first-order valence-corrected chi connectivity index (χ1v) is 6.96. The van der Waals surface area contributed by atoms with Crippen molar-refractivity contribution in [3.05, 3.63) is 22.8 Å². The first-order chi connectivity index (χ1) is 8.10. The summed E-state index contributed by atoms with van der Waals surface area (Å²) in [6.45, 7) is 6.73. The number of anilines is 1. The molecule has 0 amide bonds. The number of hydrogen-bond donors (Lipinski definition) is 0. The Hall–Kier alpha value is -0.470. The van der Waals surface area contributed by atoms with Crippen molar-refractivity contribution in [2.75, 3.05) is 18.0 Å². The van der Waals surface area contributed by atoms with Gasteiger partial charge in [0, 0.05) is 25.2 Å². The average Bonchev–Trinajstić information content (AvgIpc) is 2.28. The number of rotatable bonds is 2. The van der Waals surface area contributed by atoms with E-state index in [0.29, 0.717) is 10.9 Å². The molecule has 1 aromatic rings. The summed E-state index contributed by atoms with van der Waals surface area (Å²) in [6.07, 6.45) is 3.00. The van der Waals surface area contributed by atoms with Gasteiger partial charge in [-0.25, -0.2) is 4.98 Å². The maximum Gasteiger partial charge on any atom is 0.128 e. The molecule has 2 atom stereocenters. The second-order valence-electron chi connectivity index (χ2n) is 5.12. The van der Waals surface area contributed by atoms with E-state index in [1.807, 2.05) is 6.07 Å². The van der Waals surface area contributed by atoms with Gasteiger partial charge in [0.25, 0.3) is 0 Å². The Morgan fingerprint density at radius 3 is 2.59 bits per heavy atom. The van der Waals surface area contributed by atoms with Gasteiger partial charge in [-0.1, -0.05) is 25.4 Å². The molecule has 0 saturated carbocycles. The standard InChI is InChI=1S/C13H18Cl2N2/c1-9-3-10(2)8-17(7-9)13-4-11(5-14)12(15)6-16-13/h4,6,9-10H,3,5,7-8H2,1-2H3. The summed E-state index contributed by atoms with van der Waals surface area (Å²) in [5.74, 6) is 2.88. The van der Waals surface area contributed by atoms with Gasteiger partial charge in [-0.15, -0.1) is 11.6 Å². The molecule has 94 valence electrons. The minimum absolute atomic E-state index is 0.438. The molecule has 2 unspecified atom stereocenters. The predicted molar refractivity (Wildman–Crippen MR) is 74.0 cm³/mol. The Kier molecular flexibility index (Phi) is 4.16. The van der Waals surface area contributed by atoms with E-state index in [4.69, 9.17) is 23.2 Å². The van der Waals surface area contributed by atoms with E-state index < -0.39 is 0 Å². The quantitative estimate of drug-likeness (QED) is 0.758. The van der Waals surface area contributed by atoms with Crippen molar-refractivity contribution >= 4 is 29.0 Å². The Labute approximate surface area is 113 Å². The predicted octanol–water partition coefficient (Wildman–Crippen LogP) is 3.96. The molecule has 1 aliphatic rings. The van der Waals surface area contributed by atoms with Crippen LogP contribution < -0.4 is 4.90 Å². The first kappa shape index (κ1) is 13.0. The van der Waals surface area contributed by atoms with Crippen LogP contribution in [0.2, 0.25) is 5.02 Å². The average molecular weight is 273 g/mol. The monoisotopic (exact) mass is 272 g/mol. The molecule has 0 radical (unpaired) electrons. The van der Waals surface area contributed by atoms with Crippen molar-refractivity contribution < 1.29 is 0 Å². The van der Waals surface area contributed by atoms with Crippen LogP contribution in [-0.4, -0.2) is 18.1 Å². The summed E-state index contributed by atoms with van der Waals surface area (Å²) in [5.41, 5.74) is 0.962. The molecule has 1 aromatic heterocycles. The SMILES string of the molecule is CC1CC(C)CN(c2cc(CCl)c(Cl)cn2)C1. The van der Waals surface area contributed by atoms with E-state index in [-0.39, 0.29) is 0 Å². The van der Waals surface area contributed by atoms with Gasteiger partial charge in [-0.05, 0) is 29.9 Å². The highest BCUT2D eigenvalue weighted by atomic mass is 35.5. The van der Waals surface area contributed by atoms with E-state index in [1.54, 1.807) is 6.20 Å². The lowest BCUT2D eigenvalue weighted by Crippen LogP contribution is -2.39. The van der Waals surface area contributed by atoms with E-state index in [9.17, 15) is 0 Å². The van der Waals surface area contributed by atoms with Crippen LogP contribution in [0.3, 0.4) is 0 Å². The van der Waals surface area contributed by atoms with Crippen molar-refractivity contribution in [1.29, 1.82) is 0 Å². The van der Waals surface area contributed by atoms with Crippen molar-refractivity contribution in [2.24, 2.45) is 11.8 Å². The second-order valence-corrected chi connectivity index (χ2v) is 5.79. The molecule has 17 heavy (non-hydrogen) atoms. The van der Waals surface area contributed by atoms with Gasteiger partial charge in [0.2, 0.25) is 0 Å². The molecule has 1 fully saturated rings. The summed E-state index contributed by atoms with van der Waals surface area (Å²) in [6, 6.07) is 2.01. The van der Waals surface area contributed by atoms with E-state index in [1.165, 1.54) is 6.42 Å². The van der Waals surface area contributed by atoms with Gasteiger partial charge >= 0.3 is 0 Å². The van der Waals surface area contributed by atoms with Crippen LogP contribution in [-0.2, 0) is 5.88 Å². The highest BCUT2D eigenvalue weighted by molar-refractivity contribution is 6.32. The van der Waals surface area contributed by atoms with Gasteiger partial charge in [0.05, 0.1) is 5.02 Å². The van der Waals surface area contributed by atoms with Crippen molar-refractivity contribution in [1.82, 2.24) is 4.98 Å². The molecule has 4 heteroatoms. The molecule has 1 aliphatic heterocycles. The molecule has 0 N–H and O–H groups in total. The maximum atomic E-state index is 6.03. The van der Waals surface area contributed by atoms with Gasteiger partial charge in [0.15, 0.2) is 0 Å². The molecular weight excluding hydrogens is 255 g/mol. The van der Waals surface area contributed by atoms with Crippen molar-refractivity contribution in [3.63, 3.8) is 0 Å². The molecule has 1 saturated heterocycles. The Bertz CT molecular complexity index is 385. The normalized spacial score (nSPS) is 25.1. The third kappa shape index (κ3) is 3.05. The van der Waals surface area contributed by atoms with Crippen LogP contribution in [0.1, 0.15) is 25.8 Å². The molecular formula is C13H18Cl2N2. The minimum atomic E-state index is 0.438. The molecule has 0 bridgehead atoms. The number of pyridine rings is 1. The fourth-order valence-corrected chi connectivity index (χ4v) is 3.05. The summed E-state index contributed by atoms with van der Waals surface area (Å²) < 4.78 is 0. The number of aromatic nitrogens is 1. The van der Waals surface area contributed by atoms with Crippen molar-refractivity contribution in [2.45, 2.75) is 26.1 Å². The van der Waals surface area contributed by atoms with Gasteiger partial charge < -0.3 is 4.90 Å². The summed E-state index contributed by atoms with van der Waals surface area (Å²) in [4.78, 5) is 6.75. The number of piperidine rings is 1. The molecule has 0 aromatic carbocycles. The van der Waals surface area contributed by atoms with Gasteiger partial charge in [0.1, 0.15) is 5.82 Å². The Morgan fingerprint density at radius 2 is 2.00 bits per heavy atom. The highest BCUT2D eigenvalue weighted by Gasteiger charge is 2.23. The summed E-state index contributed by atoms with van der Waals surface area (Å²) >= 11 is 11.9. The number of alkyl halides is 1. The molecule has 2 nitrogen and oxygen atoms in total. The molecule has 2 rings (SSSR count). The zero-order valence-corrected chi connectivity index (χ0v) is 11.8. The Balaban J connectivity index is 2.21. The zero-order chi connectivity index (χ0) is 12.4. The summed E-state index contributed by atoms with van der Waals surface area (Å²) in [7, 11) is 0. The highest BCUT2D eigenvalue weighted by Crippen LogP contribution is 2.27. The minimum Gasteiger partial charge on any atom is -0.356 e. The van der Waals surface area contributed by atoms with Gasteiger partial charge in [-0.2, -0.15) is 0 Å². The van der Waals surface area contributed by atoms with Crippen LogP contribution in [0.15, 0.2) is 12.3 Å². The van der Waals surface area contributed by atoms with Crippen LogP contribution in [0.5, 0.6) is 0 Å². The van der Waals surface area contributed by atoms with Crippen molar-refractivity contribution in [3.8, 4) is 0 Å². The molecule has 0 spiro atoms. The molecule has 2 heterocycles. The van der Waals surface area contributed by atoms with Crippen LogP contribution in [0, 0.1) is 11.8 Å².